The van der Waals surface area contributed by atoms with Crippen LogP contribution in [-0.4, -0.2) is 5.97 Å². The van der Waals surface area contributed by atoms with Crippen molar-refractivity contribution in [3.63, 3.8) is 0 Å². The molecule has 0 fully saturated rings. The van der Waals surface area contributed by atoms with Crippen molar-refractivity contribution in [3.8, 4) is 0 Å². The van der Waals surface area contributed by atoms with Crippen LogP contribution in [0.5, 0.6) is 0 Å². The van der Waals surface area contributed by atoms with E-state index in [1.807, 2.05) is 6.92 Å². The Bertz CT molecular complexity index is 140. The molecular formula is C8H13O2. The lowest BCUT2D eigenvalue weighted by Gasteiger charge is -2.18. The van der Waals surface area contributed by atoms with Crippen LogP contribution < -0.4 is 0 Å². The summed E-state index contributed by atoms with van der Waals surface area (Å²) in [5.41, 5.74) is -0.720. The topological polar surface area (TPSA) is 37.0 Å². The number of allylic oxidation sites excluding steroid dienone is 1. The van der Waals surface area contributed by atoms with E-state index < -0.39 is 11.4 Å². The van der Waals surface area contributed by atoms with Crippen molar-refractivity contribution in [3.05, 3.63) is 12.7 Å². The zero-order chi connectivity index (χ0) is 8.20. The van der Waals surface area contributed by atoms with Gasteiger partial charge >= 0.3 is 5.97 Å². The summed E-state index contributed by atoms with van der Waals surface area (Å²) in [5, 5.41) is 10.5. The summed E-state index contributed by atoms with van der Waals surface area (Å²) in [6, 6.07) is 0. The molecule has 0 bridgehead atoms. The van der Waals surface area contributed by atoms with E-state index in [4.69, 9.17) is 0 Å². The van der Waals surface area contributed by atoms with Gasteiger partial charge in [0.25, 0.3) is 0 Å². The van der Waals surface area contributed by atoms with Crippen molar-refractivity contribution < 1.29 is 9.90 Å². The van der Waals surface area contributed by atoms with Crippen molar-refractivity contribution in [2.24, 2.45) is 5.41 Å². The Morgan fingerprint density at radius 1 is 1.70 bits per heavy atom. The molecule has 0 spiro atoms. The summed E-state index contributed by atoms with van der Waals surface area (Å²) in [5.74, 6) is -0.991. The summed E-state index contributed by atoms with van der Waals surface area (Å²) < 4.78 is 0. The first-order valence-corrected chi connectivity index (χ1v) is 3.39. The SMILES string of the molecule is C=CCC(C)(CC)C([O])=O. The second kappa shape index (κ2) is 3.40. The Labute approximate surface area is 61.6 Å². The summed E-state index contributed by atoms with van der Waals surface area (Å²) in [6.45, 7) is 6.99. The molecule has 10 heavy (non-hydrogen) atoms. The van der Waals surface area contributed by atoms with Crippen LogP contribution in [-0.2, 0) is 9.90 Å². The van der Waals surface area contributed by atoms with Gasteiger partial charge in [0, 0.05) is 0 Å². The normalized spacial score (nSPS) is 15.8. The first-order valence-electron chi connectivity index (χ1n) is 3.39. The molecule has 0 amide bonds. The molecule has 0 aliphatic carbocycles. The van der Waals surface area contributed by atoms with E-state index in [0.29, 0.717) is 12.8 Å². The van der Waals surface area contributed by atoms with Crippen LogP contribution in [0.3, 0.4) is 0 Å². The van der Waals surface area contributed by atoms with Gasteiger partial charge in [0.1, 0.15) is 0 Å². The van der Waals surface area contributed by atoms with Gasteiger partial charge in [0.2, 0.25) is 0 Å². The van der Waals surface area contributed by atoms with Crippen LogP contribution in [0, 0.1) is 5.41 Å². The smallest absolute Gasteiger partial charge is 0.247 e. The van der Waals surface area contributed by atoms with E-state index in [1.165, 1.54) is 0 Å². The molecule has 0 saturated heterocycles. The monoisotopic (exact) mass is 141 g/mol. The largest absolute Gasteiger partial charge is 0.361 e. The predicted molar refractivity (Wildman–Crippen MR) is 38.9 cm³/mol. The van der Waals surface area contributed by atoms with Crippen LogP contribution in [0.25, 0.3) is 0 Å². The second-order valence-corrected chi connectivity index (χ2v) is 2.69. The van der Waals surface area contributed by atoms with E-state index in [0.717, 1.165) is 0 Å². The van der Waals surface area contributed by atoms with Crippen LogP contribution in [0.15, 0.2) is 12.7 Å². The number of carbonyl (C=O) groups is 1. The highest BCUT2D eigenvalue weighted by Gasteiger charge is 2.30. The average Bonchev–Trinajstić information content (AvgIpc) is 1.88. The highest BCUT2D eigenvalue weighted by molar-refractivity contribution is 5.73. The molecule has 1 unspecified atom stereocenters. The fraction of sp³-hybridized carbons (Fsp3) is 0.625. The molecule has 0 aliphatic heterocycles. The first kappa shape index (κ1) is 9.21. The maximum absolute atomic E-state index is 10.5. The van der Waals surface area contributed by atoms with Crippen LogP contribution in [0.1, 0.15) is 26.7 Å². The summed E-state index contributed by atoms with van der Waals surface area (Å²) >= 11 is 0. The number of rotatable bonds is 4. The third-order valence-electron chi connectivity index (χ3n) is 1.87. The lowest BCUT2D eigenvalue weighted by molar-refractivity contribution is -0.154. The van der Waals surface area contributed by atoms with Gasteiger partial charge in [0.15, 0.2) is 0 Å². The van der Waals surface area contributed by atoms with Crippen LogP contribution in [0.4, 0.5) is 0 Å². The van der Waals surface area contributed by atoms with Gasteiger partial charge in [-0.1, -0.05) is 13.0 Å². The van der Waals surface area contributed by atoms with Gasteiger partial charge in [0.05, 0.1) is 5.41 Å². The minimum Gasteiger partial charge on any atom is -0.247 e. The molecule has 1 atom stereocenters. The zero-order valence-electron chi connectivity index (χ0n) is 6.52. The molecule has 2 nitrogen and oxygen atoms in total. The van der Waals surface area contributed by atoms with Gasteiger partial charge in [-0.05, 0) is 19.8 Å². The molecule has 2 heteroatoms. The Kier molecular flexibility index (Phi) is 3.13. The summed E-state index contributed by atoms with van der Waals surface area (Å²) in [4.78, 5) is 10.5. The lowest BCUT2D eigenvalue weighted by atomic mass is 9.84. The summed E-state index contributed by atoms with van der Waals surface area (Å²) in [6.07, 6.45) is 2.67. The minimum absolute atomic E-state index is 0.478. The maximum Gasteiger partial charge on any atom is 0.361 e. The van der Waals surface area contributed by atoms with E-state index in [2.05, 4.69) is 6.58 Å². The number of carbonyl (C=O) groups excluding carboxylic acids is 1. The fourth-order valence-corrected chi connectivity index (χ4v) is 0.691. The quantitative estimate of drug-likeness (QED) is 0.551. The fourth-order valence-electron chi connectivity index (χ4n) is 0.691. The molecule has 0 saturated carbocycles. The number of hydrogen-bond donors (Lipinski definition) is 0. The molecule has 0 N–H and O–H groups in total. The van der Waals surface area contributed by atoms with Crippen LogP contribution >= 0.6 is 0 Å². The lowest BCUT2D eigenvalue weighted by Crippen LogP contribution is -2.24. The molecule has 0 aromatic carbocycles. The Morgan fingerprint density at radius 2 is 2.20 bits per heavy atom. The second-order valence-electron chi connectivity index (χ2n) is 2.69. The Hall–Kier alpha value is -0.790. The number of hydrogen-bond acceptors (Lipinski definition) is 1. The van der Waals surface area contributed by atoms with E-state index in [-0.39, 0.29) is 0 Å². The van der Waals surface area contributed by atoms with Crippen molar-refractivity contribution in [1.82, 2.24) is 0 Å². The Morgan fingerprint density at radius 3 is 2.30 bits per heavy atom. The van der Waals surface area contributed by atoms with E-state index in [1.54, 1.807) is 13.0 Å². The molecule has 0 aromatic rings. The van der Waals surface area contributed by atoms with Gasteiger partial charge in [-0.15, -0.1) is 6.58 Å². The van der Waals surface area contributed by atoms with Crippen molar-refractivity contribution in [2.45, 2.75) is 26.7 Å². The van der Waals surface area contributed by atoms with Gasteiger partial charge < -0.3 is 0 Å². The third-order valence-corrected chi connectivity index (χ3v) is 1.87. The highest BCUT2D eigenvalue weighted by Crippen LogP contribution is 2.26. The van der Waals surface area contributed by atoms with Crippen LogP contribution in [0.2, 0.25) is 0 Å². The van der Waals surface area contributed by atoms with Gasteiger partial charge in [-0.3, -0.25) is 0 Å². The highest BCUT2D eigenvalue weighted by atomic mass is 16.4. The molecule has 0 heterocycles. The maximum atomic E-state index is 10.5. The molecular weight excluding hydrogens is 128 g/mol. The predicted octanol–water partition coefficient (Wildman–Crippen LogP) is 1.94. The van der Waals surface area contributed by atoms with E-state index in [9.17, 15) is 9.90 Å². The molecule has 0 rings (SSSR count). The van der Waals surface area contributed by atoms with Crippen molar-refractivity contribution in [2.75, 3.05) is 0 Å². The van der Waals surface area contributed by atoms with E-state index >= 15 is 0 Å². The zero-order valence-corrected chi connectivity index (χ0v) is 6.52. The third kappa shape index (κ3) is 1.87. The van der Waals surface area contributed by atoms with Gasteiger partial charge in [-0.2, -0.15) is 0 Å². The Balaban J connectivity index is 4.21. The van der Waals surface area contributed by atoms with Crippen molar-refractivity contribution in [1.29, 1.82) is 0 Å². The first-order chi connectivity index (χ1) is 4.56. The minimum atomic E-state index is -0.991. The molecule has 57 valence electrons. The average molecular weight is 141 g/mol. The molecule has 0 aliphatic rings. The standard InChI is InChI=1S/C8H13O2/c1-4-6-8(3,5-2)7(9)10/h4H,1,5-6H2,2-3H3. The van der Waals surface area contributed by atoms with Gasteiger partial charge in [-0.25, -0.2) is 9.90 Å². The van der Waals surface area contributed by atoms with Crippen molar-refractivity contribution >= 4 is 5.97 Å². The summed E-state index contributed by atoms with van der Waals surface area (Å²) in [7, 11) is 0. The molecule has 0 aromatic heterocycles. The molecule has 1 radical (unpaired) electrons.